The van der Waals surface area contributed by atoms with E-state index >= 15 is 0 Å². The molecule has 0 saturated heterocycles. The molecule has 1 aromatic heterocycles. The molecule has 4 nitrogen and oxygen atoms in total. The highest BCUT2D eigenvalue weighted by molar-refractivity contribution is 5.42. The quantitative estimate of drug-likeness (QED) is 0.578. The summed E-state index contributed by atoms with van der Waals surface area (Å²) in [6.07, 6.45) is 2.13. The third kappa shape index (κ3) is 5.59. The number of rotatable bonds is 8. The van der Waals surface area contributed by atoms with Crippen LogP contribution in [0.25, 0.3) is 0 Å². The highest BCUT2D eigenvalue weighted by atomic mass is 15.1. The summed E-state index contributed by atoms with van der Waals surface area (Å²) in [5.74, 6) is 1.54. The summed E-state index contributed by atoms with van der Waals surface area (Å²) in [6, 6.07) is 21.0. The van der Waals surface area contributed by atoms with Gasteiger partial charge < -0.3 is 10.6 Å². The van der Waals surface area contributed by atoms with E-state index < -0.39 is 0 Å². The van der Waals surface area contributed by atoms with Crippen molar-refractivity contribution in [2.75, 3.05) is 17.2 Å². The number of hydrogen-bond donors (Lipinski definition) is 2. The first-order valence-electron chi connectivity index (χ1n) is 9.12. The van der Waals surface area contributed by atoms with Crippen LogP contribution in [0, 0.1) is 13.8 Å². The molecular weight excluding hydrogens is 320 g/mol. The Bertz CT molecular complexity index is 831. The van der Waals surface area contributed by atoms with Gasteiger partial charge in [0.15, 0.2) is 0 Å². The van der Waals surface area contributed by atoms with Crippen molar-refractivity contribution >= 4 is 11.8 Å². The monoisotopic (exact) mass is 346 g/mol. The number of aromatic nitrogens is 2. The van der Waals surface area contributed by atoms with Gasteiger partial charge in [0.25, 0.3) is 0 Å². The Morgan fingerprint density at radius 2 is 1.62 bits per heavy atom. The van der Waals surface area contributed by atoms with E-state index in [0.717, 1.165) is 37.4 Å². The summed E-state index contributed by atoms with van der Waals surface area (Å²) in [5, 5.41) is 6.74. The molecule has 0 radical (unpaired) electrons. The Balaban J connectivity index is 1.52. The second-order valence-electron chi connectivity index (χ2n) is 6.58. The maximum atomic E-state index is 4.58. The maximum absolute atomic E-state index is 4.58. The second kappa shape index (κ2) is 8.99. The van der Waals surface area contributed by atoms with Gasteiger partial charge in [-0.1, -0.05) is 60.2 Å². The van der Waals surface area contributed by atoms with Gasteiger partial charge in [-0.2, -0.15) is 4.98 Å². The molecule has 4 heteroatoms. The predicted molar refractivity (Wildman–Crippen MR) is 109 cm³/mol. The molecular formula is C22H26N4. The van der Waals surface area contributed by atoms with Crippen LogP contribution in [0.3, 0.4) is 0 Å². The zero-order valence-corrected chi connectivity index (χ0v) is 15.5. The van der Waals surface area contributed by atoms with Crippen LogP contribution in [0.1, 0.15) is 28.8 Å². The normalized spacial score (nSPS) is 10.5. The minimum Gasteiger partial charge on any atom is -0.370 e. The predicted octanol–water partition coefficient (Wildman–Crippen LogP) is 4.75. The van der Waals surface area contributed by atoms with Gasteiger partial charge in [0.2, 0.25) is 5.95 Å². The number of aryl methyl sites for hydroxylation is 3. The van der Waals surface area contributed by atoms with Crippen LogP contribution in [-0.4, -0.2) is 16.5 Å². The first-order chi connectivity index (χ1) is 12.7. The number of nitrogens with one attached hydrogen (secondary N) is 2. The minimum atomic E-state index is 0.664. The van der Waals surface area contributed by atoms with E-state index in [0.29, 0.717) is 5.95 Å². The van der Waals surface area contributed by atoms with Gasteiger partial charge in [-0.05, 0) is 37.8 Å². The van der Waals surface area contributed by atoms with Crippen molar-refractivity contribution in [2.45, 2.75) is 33.2 Å². The summed E-state index contributed by atoms with van der Waals surface area (Å²) in [6.45, 7) is 5.71. The van der Waals surface area contributed by atoms with Crippen LogP contribution < -0.4 is 10.6 Å². The molecule has 0 fully saturated rings. The zero-order valence-electron chi connectivity index (χ0n) is 15.5. The van der Waals surface area contributed by atoms with E-state index in [2.05, 4.69) is 82.1 Å². The van der Waals surface area contributed by atoms with Gasteiger partial charge in [0.1, 0.15) is 5.82 Å². The molecule has 26 heavy (non-hydrogen) atoms. The van der Waals surface area contributed by atoms with Crippen molar-refractivity contribution in [3.8, 4) is 0 Å². The van der Waals surface area contributed by atoms with Crippen molar-refractivity contribution in [3.05, 3.63) is 83.0 Å². The lowest BCUT2D eigenvalue weighted by Crippen LogP contribution is -2.09. The molecule has 2 N–H and O–H groups in total. The Labute approximate surface area is 155 Å². The largest absolute Gasteiger partial charge is 0.370 e. The van der Waals surface area contributed by atoms with Gasteiger partial charge in [-0.25, -0.2) is 4.98 Å². The Morgan fingerprint density at radius 1 is 0.808 bits per heavy atom. The van der Waals surface area contributed by atoms with E-state index in [-0.39, 0.29) is 0 Å². The molecule has 0 aliphatic rings. The van der Waals surface area contributed by atoms with E-state index in [9.17, 15) is 0 Å². The van der Waals surface area contributed by atoms with E-state index in [1.807, 2.05) is 13.0 Å². The molecule has 3 rings (SSSR count). The van der Waals surface area contributed by atoms with Gasteiger partial charge in [-0.3, -0.25) is 0 Å². The fourth-order valence-electron chi connectivity index (χ4n) is 2.90. The number of hydrogen-bond acceptors (Lipinski definition) is 4. The lowest BCUT2D eigenvalue weighted by Gasteiger charge is -2.10. The zero-order chi connectivity index (χ0) is 18.2. The molecule has 0 unspecified atom stereocenters. The molecule has 0 amide bonds. The topological polar surface area (TPSA) is 49.8 Å². The van der Waals surface area contributed by atoms with E-state index in [1.165, 1.54) is 16.7 Å². The average molecular weight is 346 g/mol. The van der Waals surface area contributed by atoms with Crippen LogP contribution in [0.15, 0.2) is 60.7 Å². The number of anilines is 2. The molecule has 0 atom stereocenters. The van der Waals surface area contributed by atoms with Crippen LogP contribution in [0.5, 0.6) is 0 Å². The van der Waals surface area contributed by atoms with Crippen LogP contribution >= 0.6 is 0 Å². The average Bonchev–Trinajstić information content (AvgIpc) is 2.64. The smallest absolute Gasteiger partial charge is 0.225 e. The SMILES string of the molecule is Cc1cccc(CNc2nc(C)cc(NCCCc3ccccc3)n2)c1. The molecule has 3 aromatic rings. The van der Waals surface area contributed by atoms with Crippen molar-refractivity contribution in [1.29, 1.82) is 0 Å². The van der Waals surface area contributed by atoms with Gasteiger partial charge in [0, 0.05) is 24.8 Å². The summed E-state index contributed by atoms with van der Waals surface area (Å²) in [7, 11) is 0. The molecule has 0 bridgehead atoms. The fraction of sp³-hybridized carbons (Fsp3) is 0.273. The van der Waals surface area contributed by atoms with Gasteiger partial charge >= 0.3 is 0 Å². The van der Waals surface area contributed by atoms with Crippen molar-refractivity contribution < 1.29 is 0 Å². The molecule has 1 heterocycles. The van der Waals surface area contributed by atoms with Gasteiger partial charge in [-0.15, -0.1) is 0 Å². The molecule has 134 valence electrons. The number of benzene rings is 2. The van der Waals surface area contributed by atoms with Crippen LogP contribution in [-0.2, 0) is 13.0 Å². The van der Waals surface area contributed by atoms with Crippen molar-refractivity contribution in [3.63, 3.8) is 0 Å². The lowest BCUT2D eigenvalue weighted by atomic mass is 10.1. The summed E-state index contributed by atoms with van der Waals surface area (Å²) in [4.78, 5) is 9.07. The van der Waals surface area contributed by atoms with E-state index in [4.69, 9.17) is 0 Å². The molecule has 0 aliphatic heterocycles. The first kappa shape index (κ1) is 17.9. The third-order valence-electron chi connectivity index (χ3n) is 4.18. The van der Waals surface area contributed by atoms with Crippen LogP contribution in [0.4, 0.5) is 11.8 Å². The summed E-state index contributed by atoms with van der Waals surface area (Å²) < 4.78 is 0. The first-order valence-corrected chi connectivity index (χ1v) is 9.12. The minimum absolute atomic E-state index is 0.664. The maximum Gasteiger partial charge on any atom is 0.225 e. The summed E-state index contributed by atoms with van der Waals surface area (Å²) >= 11 is 0. The Hall–Kier alpha value is -2.88. The van der Waals surface area contributed by atoms with Crippen molar-refractivity contribution in [2.24, 2.45) is 0 Å². The highest BCUT2D eigenvalue weighted by Gasteiger charge is 2.03. The van der Waals surface area contributed by atoms with Gasteiger partial charge in [0.05, 0.1) is 0 Å². The molecule has 0 spiro atoms. The van der Waals surface area contributed by atoms with E-state index in [1.54, 1.807) is 0 Å². The van der Waals surface area contributed by atoms with Crippen LogP contribution in [0.2, 0.25) is 0 Å². The standard InChI is InChI=1S/C22H26N4/c1-17-8-6-11-20(14-17)16-24-22-25-18(2)15-21(26-22)23-13-7-12-19-9-4-3-5-10-19/h3-6,8-11,14-15H,7,12-13,16H2,1-2H3,(H2,23,24,25,26). The Kier molecular flexibility index (Phi) is 6.20. The Morgan fingerprint density at radius 3 is 2.42 bits per heavy atom. The lowest BCUT2D eigenvalue weighted by molar-refractivity contribution is 0.857. The molecule has 2 aromatic carbocycles. The van der Waals surface area contributed by atoms with Crippen molar-refractivity contribution in [1.82, 2.24) is 9.97 Å². The highest BCUT2D eigenvalue weighted by Crippen LogP contribution is 2.12. The fourth-order valence-corrected chi connectivity index (χ4v) is 2.90. The third-order valence-corrected chi connectivity index (χ3v) is 4.18. The number of nitrogens with zero attached hydrogens (tertiary/aromatic N) is 2. The molecule has 0 saturated carbocycles. The second-order valence-corrected chi connectivity index (χ2v) is 6.58. The molecule has 0 aliphatic carbocycles. The summed E-state index contributed by atoms with van der Waals surface area (Å²) in [5.41, 5.74) is 4.81.